The molecule has 31 heavy (non-hydrogen) atoms. The summed E-state index contributed by atoms with van der Waals surface area (Å²) >= 11 is 0. The van der Waals surface area contributed by atoms with E-state index in [1.54, 1.807) is 7.11 Å². The van der Waals surface area contributed by atoms with Crippen molar-refractivity contribution in [3.63, 3.8) is 0 Å². The van der Waals surface area contributed by atoms with Gasteiger partial charge in [0.15, 0.2) is 11.8 Å². The van der Waals surface area contributed by atoms with Crippen LogP contribution in [0.5, 0.6) is 5.75 Å². The van der Waals surface area contributed by atoms with Crippen LogP contribution in [0, 0.1) is 22.6 Å². The van der Waals surface area contributed by atoms with E-state index in [4.69, 9.17) is 20.6 Å². The first-order valence-electron chi connectivity index (χ1n) is 9.56. The SMILES string of the molecule is COc1cccc(N2CCN(c3c(C#N)ccc(COC(=O)NC(=N)N)c3F)CC2)c1. The molecule has 0 aromatic heterocycles. The van der Waals surface area contributed by atoms with Crippen molar-refractivity contribution < 1.29 is 18.7 Å². The normalized spacial score (nSPS) is 13.3. The minimum Gasteiger partial charge on any atom is -0.497 e. The summed E-state index contributed by atoms with van der Waals surface area (Å²) in [7, 11) is 1.61. The molecule has 1 aliphatic rings. The van der Waals surface area contributed by atoms with Gasteiger partial charge in [-0.3, -0.25) is 10.7 Å². The number of nitriles is 1. The van der Waals surface area contributed by atoms with Gasteiger partial charge in [0.25, 0.3) is 0 Å². The number of hydrogen-bond acceptors (Lipinski definition) is 7. The van der Waals surface area contributed by atoms with Crippen molar-refractivity contribution in [3.8, 4) is 11.8 Å². The Bertz CT molecular complexity index is 1010. The van der Waals surface area contributed by atoms with Crippen LogP contribution in [-0.4, -0.2) is 45.3 Å². The largest absolute Gasteiger partial charge is 0.497 e. The van der Waals surface area contributed by atoms with E-state index < -0.39 is 17.9 Å². The third-order valence-corrected chi connectivity index (χ3v) is 4.93. The zero-order valence-electron chi connectivity index (χ0n) is 17.0. The number of guanidine groups is 1. The third kappa shape index (κ3) is 5.14. The van der Waals surface area contributed by atoms with E-state index in [1.165, 1.54) is 12.1 Å². The predicted molar refractivity (Wildman–Crippen MR) is 114 cm³/mol. The van der Waals surface area contributed by atoms with E-state index in [0.717, 1.165) is 11.4 Å². The smallest absolute Gasteiger partial charge is 0.414 e. The number of rotatable bonds is 5. The molecule has 10 heteroatoms. The zero-order valence-corrected chi connectivity index (χ0v) is 17.0. The lowest BCUT2D eigenvalue weighted by Gasteiger charge is -2.38. The van der Waals surface area contributed by atoms with E-state index >= 15 is 4.39 Å². The number of anilines is 2. The van der Waals surface area contributed by atoms with Crippen molar-refractivity contribution in [1.82, 2.24) is 5.32 Å². The van der Waals surface area contributed by atoms with Crippen molar-refractivity contribution in [2.45, 2.75) is 6.61 Å². The number of carbonyl (C=O) groups is 1. The molecule has 0 aliphatic carbocycles. The van der Waals surface area contributed by atoms with Crippen LogP contribution in [0.25, 0.3) is 0 Å². The van der Waals surface area contributed by atoms with E-state index in [9.17, 15) is 10.1 Å². The molecular formula is C21H23FN6O3. The van der Waals surface area contributed by atoms with Gasteiger partial charge in [0.1, 0.15) is 18.4 Å². The number of hydrogen-bond donors (Lipinski definition) is 3. The number of alkyl carbamates (subject to hydrolysis) is 1. The Balaban J connectivity index is 1.74. The number of benzene rings is 2. The Morgan fingerprint density at radius 1 is 1.26 bits per heavy atom. The van der Waals surface area contributed by atoms with Gasteiger partial charge in [0.05, 0.1) is 18.4 Å². The Morgan fingerprint density at radius 2 is 1.97 bits per heavy atom. The summed E-state index contributed by atoms with van der Waals surface area (Å²) in [5.41, 5.74) is 6.61. The Morgan fingerprint density at radius 3 is 2.61 bits per heavy atom. The lowest BCUT2D eigenvalue weighted by molar-refractivity contribution is 0.143. The summed E-state index contributed by atoms with van der Waals surface area (Å²) < 4.78 is 25.4. The highest BCUT2D eigenvalue weighted by molar-refractivity contribution is 5.90. The van der Waals surface area contributed by atoms with Crippen LogP contribution in [0.2, 0.25) is 0 Å². The number of nitrogens with zero attached hydrogens (tertiary/aromatic N) is 3. The summed E-state index contributed by atoms with van der Waals surface area (Å²) in [5.74, 6) is -0.413. The number of amides is 1. The topological polar surface area (TPSA) is 128 Å². The van der Waals surface area contributed by atoms with Crippen LogP contribution in [-0.2, 0) is 11.3 Å². The van der Waals surface area contributed by atoms with E-state index in [2.05, 4.69) is 4.90 Å². The summed E-state index contributed by atoms with van der Waals surface area (Å²) in [5, 5.41) is 18.4. The molecule has 1 saturated heterocycles. The highest BCUT2D eigenvalue weighted by atomic mass is 19.1. The Kier molecular flexibility index (Phi) is 6.77. The molecule has 1 heterocycles. The maximum absolute atomic E-state index is 15.2. The monoisotopic (exact) mass is 426 g/mol. The number of methoxy groups -OCH3 is 1. The minimum atomic E-state index is -0.954. The van der Waals surface area contributed by atoms with E-state index in [-0.39, 0.29) is 23.4 Å². The van der Waals surface area contributed by atoms with Gasteiger partial charge in [-0.15, -0.1) is 0 Å². The molecule has 3 rings (SSSR count). The first-order chi connectivity index (χ1) is 14.9. The first kappa shape index (κ1) is 21.7. The van der Waals surface area contributed by atoms with Crippen molar-refractivity contribution in [1.29, 1.82) is 10.7 Å². The highest BCUT2D eigenvalue weighted by Gasteiger charge is 2.24. The maximum Gasteiger partial charge on any atom is 0.414 e. The summed E-state index contributed by atoms with van der Waals surface area (Å²) in [6.07, 6.45) is -0.954. The molecular weight excluding hydrogens is 403 g/mol. The average Bonchev–Trinajstić information content (AvgIpc) is 2.77. The van der Waals surface area contributed by atoms with E-state index in [0.29, 0.717) is 26.2 Å². The molecule has 4 N–H and O–H groups in total. The Hall–Kier alpha value is -4.00. The molecule has 1 aliphatic heterocycles. The second-order valence-corrected chi connectivity index (χ2v) is 6.84. The van der Waals surface area contributed by atoms with Crippen molar-refractivity contribution in [3.05, 3.63) is 53.3 Å². The fourth-order valence-corrected chi connectivity index (χ4v) is 3.40. The van der Waals surface area contributed by atoms with Gasteiger partial charge in [-0.1, -0.05) is 12.1 Å². The average molecular weight is 426 g/mol. The van der Waals surface area contributed by atoms with Gasteiger partial charge >= 0.3 is 6.09 Å². The van der Waals surface area contributed by atoms with Gasteiger partial charge in [-0.25, -0.2) is 9.18 Å². The first-order valence-corrected chi connectivity index (χ1v) is 9.56. The van der Waals surface area contributed by atoms with Gasteiger partial charge in [-0.2, -0.15) is 5.26 Å². The van der Waals surface area contributed by atoms with Crippen LogP contribution in [0.3, 0.4) is 0 Å². The standard InChI is InChI=1S/C21H23FN6O3/c1-30-17-4-2-3-16(11-17)27-7-9-28(10-8-27)19-14(12-23)5-6-15(18(19)22)13-31-21(29)26-20(24)25/h2-6,11H,7-10,13H2,1H3,(H4,24,25,26,29). The Labute approximate surface area is 179 Å². The van der Waals surface area contributed by atoms with Crippen molar-refractivity contribution in [2.75, 3.05) is 43.1 Å². The van der Waals surface area contributed by atoms with Crippen LogP contribution in [0.15, 0.2) is 36.4 Å². The molecule has 0 unspecified atom stereocenters. The molecule has 0 saturated carbocycles. The van der Waals surface area contributed by atoms with Gasteiger partial charge in [0.2, 0.25) is 0 Å². The van der Waals surface area contributed by atoms with Crippen molar-refractivity contribution >= 4 is 23.4 Å². The molecule has 0 radical (unpaired) electrons. The fourth-order valence-electron chi connectivity index (χ4n) is 3.40. The second kappa shape index (κ2) is 9.67. The van der Waals surface area contributed by atoms with Gasteiger partial charge < -0.3 is 25.0 Å². The zero-order chi connectivity index (χ0) is 22.4. The number of carbonyl (C=O) groups excluding carboxylic acids is 1. The summed E-state index contributed by atoms with van der Waals surface area (Å²) in [6.45, 7) is 1.95. The van der Waals surface area contributed by atoms with Crippen molar-refractivity contribution in [2.24, 2.45) is 5.73 Å². The number of ether oxygens (including phenoxy) is 2. The molecule has 9 nitrogen and oxygen atoms in total. The number of nitrogens with two attached hydrogens (primary N) is 1. The highest BCUT2D eigenvalue weighted by Crippen LogP contribution is 2.30. The molecule has 162 valence electrons. The third-order valence-electron chi connectivity index (χ3n) is 4.93. The summed E-state index contributed by atoms with van der Waals surface area (Å²) in [4.78, 5) is 15.5. The number of halogens is 1. The summed E-state index contributed by atoms with van der Waals surface area (Å²) in [6, 6.07) is 12.7. The van der Waals surface area contributed by atoms with Crippen LogP contribution < -0.4 is 25.6 Å². The molecule has 2 aromatic rings. The van der Waals surface area contributed by atoms with Crippen LogP contribution in [0.4, 0.5) is 20.6 Å². The molecule has 0 spiro atoms. The second-order valence-electron chi connectivity index (χ2n) is 6.84. The maximum atomic E-state index is 15.2. The molecule has 2 aromatic carbocycles. The van der Waals surface area contributed by atoms with E-state index in [1.807, 2.05) is 40.6 Å². The van der Waals surface area contributed by atoms with Crippen LogP contribution >= 0.6 is 0 Å². The minimum absolute atomic E-state index is 0.128. The lowest BCUT2D eigenvalue weighted by Crippen LogP contribution is -2.47. The van der Waals surface area contributed by atoms with Gasteiger partial charge in [-0.05, 0) is 18.2 Å². The van der Waals surface area contributed by atoms with Gasteiger partial charge in [0, 0.05) is 43.5 Å². The molecule has 1 fully saturated rings. The quantitative estimate of drug-likeness (QED) is 0.494. The fraction of sp³-hybridized carbons (Fsp3) is 0.286. The molecule has 0 bridgehead atoms. The van der Waals surface area contributed by atoms with Crippen LogP contribution in [0.1, 0.15) is 11.1 Å². The lowest BCUT2D eigenvalue weighted by atomic mass is 10.1. The molecule has 1 amide bonds. The number of nitrogens with one attached hydrogen (secondary N) is 2. The molecule has 0 atom stereocenters. The number of piperazine rings is 1. The predicted octanol–water partition coefficient (Wildman–Crippen LogP) is 2.15.